The highest BCUT2D eigenvalue weighted by atomic mass is 19.1. The molecular formula is C24H19FO3. The van der Waals surface area contributed by atoms with E-state index >= 15 is 0 Å². The van der Waals surface area contributed by atoms with Crippen molar-refractivity contribution in [2.75, 3.05) is 14.2 Å². The average Bonchev–Trinajstić information content (AvgIpc) is 2.75. The van der Waals surface area contributed by atoms with E-state index in [4.69, 9.17) is 14.2 Å². The SMILES string of the molecule is COc1ccc2c(Oc3ccccc3)c(-c3ccc(F)c(OC)c3)ccc2c1. The van der Waals surface area contributed by atoms with Gasteiger partial charge in [-0.05, 0) is 59.5 Å². The van der Waals surface area contributed by atoms with Crippen molar-refractivity contribution in [3.05, 3.63) is 84.7 Å². The monoisotopic (exact) mass is 374 g/mol. The molecule has 0 saturated heterocycles. The second kappa shape index (κ2) is 7.61. The van der Waals surface area contributed by atoms with Crippen molar-refractivity contribution in [1.82, 2.24) is 0 Å². The maximum atomic E-state index is 13.9. The first-order valence-electron chi connectivity index (χ1n) is 8.87. The zero-order valence-electron chi connectivity index (χ0n) is 15.6. The molecule has 28 heavy (non-hydrogen) atoms. The Bertz CT molecular complexity index is 1120. The summed E-state index contributed by atoms with van der Waals surface area (Å²) in [7, 11) is 3.10. The Kier molecular flexibility index (Phi) is 4.85. The molecule has 0 unspecified atom stereocenters. The lowest BCUT2D eigenvalue weighted by atomic mass is 9.99. The highest BCUT2D eigenvalue weighted by Crippen LogP contribution is 2.41. The highest BCUT2D eigenvalue weighted by molar-refractivity contribution is 5.96. The molecule has 0 spiro atoms. The van der Waals surface area contributed by atoms with Crippen LogP contribution in [-0.4, -0.2) is 14.2 Å². The minimum Gasteiger partial charge on any atom is -0.497 e. The first-order valence-corrected chi connectivity index (χ1v) is 8.87. The molecule has 0 atom stereocenters. The normalized spacial score (nSPS) is 10.7. The van der Waals surface area contributed by atoms with E-state index in [0.717, 1.165) is 33.4 Å². The number of benzene rings is 4. The molecule has 3 nitrogen and oxygen atoms in total. The van der Waals surface area contributed by atoms with Crippen molar-refractivity contribution in [2.24, 2.45) is 0 Å². The van der Waals surface area contributed by atoms with E-state index in [2.05, 4.69) is 0 Å². The van der Waals surface area contributed by atoms with E-state index in [1.807, 2.05) is 60.7 Å². The van der Waals surface area contributed by atoms with Gasteiger partial charge in [0.15, 0.2) is 11.6 Å². The van der Waals surface area contributed by atoms with Crippen LogP contribution in [0.3, 0.4) is 0 Å². The Hall–Kier alpha value is -3.53. The summed E-state index contributed by atoms with van der Waals surface area (Å²) in [6.45, 7) is 0. The van der Waals surface area contributed by atoms with Crippen LogP contribution in [0, 0.1) is 5.82 Å². The Morgan fingerprint density at radius 1 is 0.714 bits per heavy atom. The Balaban J connectivity index is 1.93. The van der Waals surface area contributed by atoms with Gasteiger partial charge < -0.3 is 14.2 Å². The molecule has 0 aliphatic carbocycles. The van der Waals surface area contributed by atoms with Crippen LogP contribution in [0.15, 0.2) is 78.9 Å². The van der Waals surface area contributed by atoms with Crippen LogP contribution >= 0.6 is 0 Å². The molecule has 0 fully saturated rings. The van der Waals surface area contributed by atoms with Gasteiger partial charge in [0.25, 0.3) is 0 Å². The van der Waals surface area contributed by atoms with Gasteiger partial charge in [0.2, 0.25) is 0 Å². The van der Waals surface area contributed by atoms with E-state index in [0.29, 0.717) is 5.75 Å². The molecular weight excluding hydrogens is 355 g/mol. The lowest BCUT2D eigenvalue weighted by Crippen LogP contribution is -1.93. The molecule has 0 amide bonds. The fourth-order valence-electron chi connectivity index (χ4n) is 3.18. The van der Waals surface area contributed by atoms with Gasteiger partial charge in [-0.1, -0.05) is 30.3 Å². The van der Waals surface area contributed by atoms with Crippen molar-refractivity contribution in [1.29, 1.82) is 0 Å². The number of hydrogen-bond donors (Lipinski definition) is 0. The Morgan fingerprint density at radius 3 is 2.29 bits per heavy atom. The number of hydrogen-bond acceptors (Lipinski definition) is 3. The summed E-state index contributed by atoms with van der Waals surface area (Å²) in [4.78, 5) is 0. The maximum absolute atomic E-state index is 13.9. The van der Waals surface area contributed by atoms with Gasteiger partial charge in [-0.25, -0.2) is 4.39 Å². The standard InChI is InChI=1S/C24H19FO3/c1-26-19-10-12-21-16(14-19)8-11-20(17-9-13-22(25)23(15-17)27-2)24(21)28-18-6-4-3-5-7-18/h3-15H,1-2H3. The molecule has 0 aliphatic rings. The zero-order valence-corrected chi connectivity index (χ0v) is 15.6. The number of fused-ring (bicyclic) bond motifs is 1. The van der Waals surface area contributed by atoms with Crippen molar-refractivity contribution in [3.63, 3.8) is 0 Å². The third-order valence-corrected chi connectivity index (χ3v) is 4.60. The number of rotatable bonds is 5. The average molecular weight is 374 g/mol. The van der Waals surface area contributed by atoms with Crippen LogP contribution in [0.25, 0.3) is 21.9 Å². The smallest absolute Gasteiger partial charge is 0.165 e. The molecule has 0 N–H and O–H groups in total. The van der Waals surface area contributed by atoms with Gasteiger partial charge in [-0.15, -0.1) is 0 Å². The third-order valence-electron chi connectivity index (χ3n) is 4.60. The minimum atomic E-state index is -0.401. The number of ether oxygens (including phenoxy) is 3. The van der Waals surface area contributed by atoms with E-state index in [1.165, 1.54) is 13.2 Å². The van der Waals surface area contributed by atoms with Gasteiger partial charge >= 0.3 is 0 Å². The minimum absolute atomic E-state index is 0.193. The molecule has 0 saturated carbocycles. The second-order valence-electron chi connectivity index (χ2n) is 6.29. The van der Waals surface area contributed by atoms with Crippen LogP contribution in [0.2, 0.25) is 0 Å². The van der Waals surface area contributed by atoms with Crippen LogP contribution < -0.4 is 14.2 Å². The quantitative estimate of drug-likeness (QED) is 0.401. The molecule has 0 radical (unpaired) electrons. The molecule has 0 aromatic heterocycles. The van der Waals surface area contributed by atoms with Crippen molar-refractivity contribution >= 4 is 10.8 Å². The summed E-state index contributed by atoms with van der Waals surface area (Å²) < 4.78 is 30.7. The summed E-state index contributed by atoms with van der Waals surface area (Å²) in [5.41, 5.74) is 1.65. The zero-order chi connectivity index (χ0) is 19.5. The van der Waals surface area contributed by atoms with Crippen molar-refractivity contribution in [3.8, 4) is 34.1 Å². The van der Waals surface area contributed by atoms with Crippen molar-refractivity contribution < 1.29 is 18.6 Å². The molecule has 140 valence electrons. The summed E-state index contributed by atoms with van der Waals surface area (Å²) in [6.07, 6.45) is 0. The van der Waals surface area contributed by atoms with Gasteiger partial charge in [0.1, 0.15) is 17.2 Å². The Labute approximate surface area is 162 Å². The molecule has 0 aliphatic heterocycles. The molecule has 4 rings (SSSR count). The number of halogens is 1. The lowest BCUT2D eigenvalue weighted by molar-refractivity contribution is 0.387. The van der Waals surface area contributed by atoms with E-state index in [1.54, 1.807) is 19.2 Å². The third kappa shape index (κ3) is 3.37. The van der Waals surface area contributed by atoms with Crippen LogP contribution in [-0.2, 0) is 0 Å². The van der Waals surface area contributed by atoms with Gasteiger partial charge in [0, 0.05) is 10.9 Å². The summed E-state index contributed by atoms with van der Waals surface area (Å²) >= 11 is 0. The van der Waals surface area contributed by atoms with Gasteiger partial charge in [-0.3, -0.25) is 0 Å². The first kappa shape index (κ1) is 17.9. The number of methoxy groups -OCH3 is 2. The number of para-hydroxylation sites is 1. The summed E-state index contributed by atoms with van der Waals surface area (Å²) in [5.74, 6) is 1.98. The highest BCUT2D eigenvalue weighted by Gasteiger charge is 2.15. The molecule has 4 aromatic rings. The predicted molar refractivity (Wildman–Crippen MR) is 109 cm³/mol. The largest absolute Gasteiger partial charge is 0.497 e. The molecule has 4 aromatic carbocycles. The fourth-order valence-corrected chi connectivity index (χ4v) is 3.18. The van der Waals surface area contributed by atoms with Crippen LogP contribution in [0.4, 0.5) is 4.39 Å². The van der Waals surface area contributed by atoms with Crippen LogP contribution in [0.1, 0.15) is 0 Å². The van der Waals surface area contributed by atoms with Crippen LogP contribution in [0.5, 0.6) is 23.0 Å². The Morgan fingerprint density at radius 2 is 1.54 bits per heavy atom. The molecule has 0 bridgehead atoms. The maximum Gasteiger partial charge on any atom is 0.165 e. The first-order chi connectivity index (χ1) is 13.7. The predicted octanol–water partition coefficient (Wildman–Crippen LogP) is 6.46. The fraction of sp³-hybridized carbons (Fsp3) is 0.0833. The molecule has 0 heterocycles. The van der Waals surface area contributed by atoms with Gasteiger partial charge in [-0.2, -0.15) is 0 Å². The van der Waals surface area contributed by atoms with E-state index in [-0.39, 0.29) is 5.75 Å². The summed E-state index contributed by atoms with van der Waals surface area (Å²) in [6, 6.07) is 24.2. The summed E-state index contributed by atoms with van der Waals surface area (Å²) in [5, 5.41) is 1.92. The lowest BCUT2D eigenvalue weighted by Gasteiger charge is -2.16. The van der Waals surface area contributed by atoms with E-state index < -0.39 is 5.82 Å². The second-order valence-corrected chi connectivity index (χ2v) is 6.29. The van der Waals surface area contributed by atoms with E-state index in [9.17, 15) is 4.39 Å². The van der Waals surface area contributed by atoms with Gasteiger partial charge in [0.05, 0.1) is 14.2 Å². The molecule has 4 heteroatoms. The van der Waals surface area contributed by atoms with Crippen molar-refractivity contribution in [2.45, 2.75) is 0 Å². The topological polar surface area (TPSA) is 27.7 Å².